The lowest BCUT2D eigenvalue weighted by atomic mass is 10.0. The molecule has 9 heteroatoms. The second-order valence-corrected chi connectivity index (χ2v) is 6.08. The van der Waals surface area contributed by atoms with Gasteiger partial charge in [0.05, 0.1) is 23.3 Å². The van der Waals surface area contributed by atoms with Crippen LogP contribution in [-0.2, 0) is 13.6 Å². The summed E-state index contributed by atoms with van der Waals surface area (Å²) in [6, 6.07) is 7.76. The molecule has 140 valence electrons. The standard InChI is InChI=1S/C18H21N7O2/c1-11-8-13(4-5-14(11)9-20-24-18(26)27)15-6-7-19-17(22-15)23-16-10-21-25(3)12(16)2/h4-8,10,20,24H,9H2,1-3H3,(H,26,27)(H,19,22,23). The van der Waals surface area contributed by atoms with E-state index in [-0.39, 0.29) is 0 Å². The van der Waals surface area contributed by atoms with E-state index in [0.717, 1.165) is 33.8 Å². The van der Waals surface area contributed by atoms with E-state index in [9.17, 15) is 4.79 Å². The number of hydrogen-bond acceptors (Lipinski definition) is 6. The number of amides is 1. The third-order valence-corrected chi connectivity index (χ3v) is 4.25. The second kappa shape index (κ2) is 7.83. The maximum atomic E-state index is 10.5. The van der Waals surface area contributed by atoms with Gasteiger partial charge in [-0.05, 0) is 37.1 Å². The highest BCUT2D eigenvalue weighted by molar-refractivity contribution is 5.64. The lowest BCUT2D eigenvalue weighted by Crippen LogP contribution is -2.35. The molecule has 0 saturated heterocycles. The Morgan fingerprint density at radius 1 is 1.26 bits per heavy atom. The number of benzene rings is 1. The van der Waals surface area contributed by atoms with E-state index in [0.29, 0.717) is 12.5 Å². The summed E-state index contributed by atoms with van der Waals surface area (Å²) in [5, 5.41) is 16.0. The van der Waals surface area contributed by atoms with Crippen LogP contribution >= 0.6 is 0 Å². The first-order chi connectivity index (χ1) is 12.9. The van der Waals surface area contributed by atoms with Crippen LogP contribution in [0.1, 0.15) is 16.8 Å². The number of hydrogen-bond donors (Lipinski definition) is 4. The average Bonchev–Trinajstić information content (AvgIpc) is 2.95. The van der Waals surface area contributed by atoms with Crippen molar-refractivity contribution in [1.29, 1.82) is 0 Å². The molecule has 4 N–H and O–H groups in total. The Hall–Kier alpha value is -3.46. The van der Waals surface area contributed by atoms with E-state index < -0.39 is 6.09 Å². The molecule has 2 heterocycles. The van der Waals surface area contributed by atoms with Crippen LogP contribution in [0.15, 0.2) is 36.7 Å². The zero-order valence-electron chi connectivity index (χ0n) is 15.3. The zero-order valence-corrected chi connectivity index (χ0v) is 15.3. The Balaban J connectivity index is 1.77. The highest BCUT2D eigenvalue weighted by Gasteiger charge is 2.08. The van der Waals surface area contributed by atoms with Crippen LogP contribution in [0.5, 0.6) is 0 Å². The Morgan fingerprint density at radius 2 is 2.07 bits per heavy atom. The third kappa shape index (κ3) is 4.39. The lowest BCUT2D eigenvalue weighted by molar-refractivity contribution is 0.189. The smallest absolute Gasteiger partial charge is 0.419 e. The minimum absolute atomic E-state index is 0.398. The molecule has 0 spiro atoms. The largest absolute Gasteiger partial charge is 0.464 e. The molecule has 3 rings (SSSR count). The van der Waals surface area contributed by atoms with Crippen LogP contribution in [0, 0.1) is 13.8 Å². The van der Waals surface area contributed by atoms with Gasteiger partial charge in [0, 0.05) is 25.4 Å². The highest BCUT2D eigenvalue weighted by atomic mass is 16.4. The summed E-state index contributed by atoms with van der Waals surface area (Å²) in [5.74, 6) is 0.498. The van der Waals surface area contributed by atoms with Gasteiger partial charge in [-0.25, -0.2) is 20.2 Å². The van der Waals surface area contributed by atoms with Crippen molar-refractivity contribution in [2.75, 3.05) is 5.32 Å². The molecule has 0 aliphatic carbocycles. The number of nitrogens with zero attached hydrogens (tertiary/aromatic N) is 4. The number of anilines is 2. The first kappa shape index (κ1) is 18.3. The number of carboxylic acid groups (broad SMARTS) is 1. The normalized spacial score (nSPS) is 10.6. The van der Waals surface area contributed by atoms with Gasteiger partial charge in [-0.3, -0.25) is 10.1 Å². The Labute approximate surface area is 156 Å². The molecule has 0 bridgehead atoms. The molecule has 0 saturated carbocycles. The Morgan fingerprint density at radius 3 is 2.74 bits per heavy atom. The van der Waals surface area contributed by atoms with Crippen molar-refractivity contribution in [3.05, 3.63) is 53.5 Å². The van der Waals surface area contributed by atoms with Gasteiger partial charge < -0.3 is 10.4 Å². The van der Waals surface area contributed by atoms with Crippen molar-refractivity contribution >= 4 is 17.7 Å². The molecular formula is C18H21N7O2. The molecule has 3 aromatic rings. The summed E-state index contributed by atoms with van der Waals surface area (Å²) >= 11 is 0. The summed E-state index contributed by atoms with van der Waals surface area (Å²) in [7, 11) is 1.88. The number of hydrazine groups is 1. The van der Waals surface area contributed by atoms with Crippen LogP contribution in [0.25, 0.3) is 11.3 Å². The molecule has 0 aliphatic heterocycles. The number of carbonyl (C=O) groups is 1. The van der Waals surface area contributed by atoms with E-state index in [1.54, 1.807) is 17.1 Å². The molecule has 0 fully saturated rings. The molecule has 27 heavy (non-hydrogen) atoms. The van der Waals surface area contributed by atoms with Crippen LogP contribution < -0.4 is 16.2 Å². The van der Waals surface area contributed by atoms with Crippen LogP contribution in [0.3, 0.4) is 0 Å². The molecule has 2 aromatic heterocycles. The summed E-state index contributed by atoms with van der Waals surface area (Å²) in [6.45, 7) is 4.34. The van der Waals surface area contributed by atoms with Crippen LogP contribution in [0.2, 0.25) is 0 Å². The quantitative estimate of drug-likeness (QED) is 0.495. The monoisotopic (exact) mass is 367 g/mol. The van der Waals surface area contributed by atoms with Crippen LogP contribution in [-0.4, -0.2) is 30.9 Å². The Kier molecular flexibility index (Phi) is 5.32. The number of aryl methyl sites for hydroxylation is 2. The molecule has 0 aliphatic rings. The number of aromatic nitrogens is 4. The summed E-state index contributed by atoms with van der Waals surface area (Å²) in [5.41, 5.74) is 10.4. The van der Waals surface area contributed by atoms with Gasteiger partial charge in [0.25, 0.3) is 0 Å². The van der Waals surface area contributed by atoms with E-state index in [1.165, 1.54) is 0 Å². The fourth-order valence-corrected chi connectivity index (χ4v) is 2.59. The van der Waals surface area contributed by atoms with Gasteiger partial charge in [0.2, 0.25) is 5.95 Å². The van der Waals surface area contributed by atoms with Crippen molar-refractivity contribution in [1.82, 2.24) is 30.6 Å². The highest BCUT2D eigenvalue weighted by Crippen LogP contribution is 2.23. The zero-order chi connectivity index (χ0) is 19.4. The minimum atomic E-state index is -1.12. The van der Waals surface area contributed by atoms with Gasteiger partial charge >= 0.3 is 6.09 Å². The van der Waals surface area contributed by atoms with Gasteiger partial charge in [0.15, 0.2) is 0 Å². The Bertz CT molecular complexity index is 968. The summed E-state index contributed by atoms with van der Waals surface area (Å²) in [4.78, 5) is 19.4. The maximum absolute atomic E-state index is 10.5. The molecule has 9 nitrogen and oxygen atoms in total. The molecule has 1 aromatic carbocycles. The van der Waals surface area contributed by atoms with Gasteiger partial charge in [-0.1, -0.05) is 12.1 Å². The van der Waals surface area contributed by atoms with Crippen molar-refractivity contribution < 1.29 is 9.90 Å². The first-order valence-corrected chi connectivity index (χ1v) is 8.34. The van der Waals surface area contributed by atoms with Crippen molar-refractivity contribution in [3.63, 3.8) is 0 Å². The molecule has 1 amide bonds. The van der Waals surface area contributed by atoms with Crippen LogP contribution in [0.4, 0.5) is 16.4 Å². The predicted molar refractivity (Wildman–Crippen MR) is 101 cm³/mol. The molecule has 0 unspecified atom stereocenters. The van der Waals surface area contributed by atoms with E-state index >= 15 is 0 Å². The summed E-state index contributed by atoms with van der Waals surface area (Å²) < 4.78 is 1.78. The maximum Gasteiger partial charge on any atom is 0.419 e. The lowest BCUT2D eigenvalue weighted by Gasteiger charge is -2.10. The molecule has 0 atom stereocenters. The van der Waals surface area contributed by atoms with Gasteiger partial charge in [0.1, 0.15) is 0 Å². The topological polar surface area (TPSA) is 117 Å². The van der Waals surface area contributed by atoms with E-state index in [1.807, 2.05) is 45.2 Å². The fraction of sp³-hybridized carbons (Fsp3) is 0.222. The van der Waals surface area contributed by atoms with Crippen molar-refractivity contribution in [2.24, 2.45) is 7.05 Å². The number of rotatable bonds is 6. The minimum Gasteiger partial charge on any atom is -0.464 e. The molecule has 0 radical (unpaired) electrons. The second-order valence-electron chi connectivity index (χ2n) is 6.08. The van der Waals surface area contributed by atoms with E-state index in [2.05, 4.69) is 31.2 Å². The predicted octanol–water partition coefficient (Wildman–Crippen LogP) is 2.51. The average molecular weight is 367 g/mol. The first-order valence-electron chi connectivity index (χ1n) is 8.34. The summed E-state index contributed by atoms with van der Waals surface area (Å²) in [6.07, 6.45) is 2.33. The van der Waals surface area contributed by atoms with E-state index in [4.69, 9.17) is 5.11 Å². The van der Waals surface area contributed by atoms with Gasteiger partial charge in [-0.2, -0.15) is 5.10 Å². The van der Waals surface area contributed by atoms with Crippen molar-refractivity contribution in [3.8, 4) is 11.3 Å². The number of nitrogens with one attached hydrogen (secondary N) is 3. The molecular weight excluding hydrogens is 346 g/mol. The fourth-order valence-electron chi connectivity index (χ4n) is 2.59. The van der Waals surface area contributed by atoms with Gasteiger partial charge in [-0.15, -0.1) is 0 Å². The SMILES string of the molecule is Cc1cc(-c2ccnc(Nc3cnn(C)c3C)n2)ccc1CNNC(=O)O. The van der Waals surface area contributed by atoms with Crippen molar-refractivity contribution in [2.45, 2.75) is 20.4 Å². The third-order valence-electron chi connectivity index (χ3n) is 4.25.